The molecule has 2 aliphatic heterocycles. The number of hydrogen-bond acceptors (Lipinski definition) is 6. The first-order chi connectivity index (χ1) is 21.7. The minimum atomic E-state index is -0.854. The SMILES string of the molecule is CC(C)[C@H](NC(=O)OC1CCCC1)C(=O)N1C[C@H](OC(=O)N2Cc3cccc(F)c3C2)C[C@H]1c1ncc(-c2ccc(Br)cc2)[nH]1. The number of halogens is 2. The first-order valence-electron chi connectivity index (χ1n) is 15.5. The Labute approximate surface area is 269 Å². The molecule has 3 heterocycles. The van der Waals surface area contributed by atoms with Crippen molar-refractivity contribution in [1.82, 2.24) is 25.1 Å². The number of amides is 3. The molecule has 10 nitrogen and oxygen atoms in total. The molecular weight excluding hydrogens is 645 g/mol. The summed E-state index contributed by atoms with van der Waals surface area (Å²) >= 11 is 3.46. The van der Waals surface area contributed by atoms with Crippen LogP contribution in [0.25, 0.3) is 11.3 Å². The third-order valence-electron chi connectivity index (χ3n) is 8.85. The van der Waals surface area contributed by atoms with Crippen LogP contribution >= 0.6 is 15.9 Å². The maximum Gasteiger partial charge on any atom is 0.410 e. The predicted octanol–water partition coefficient (Wildman–Crippen LogP) is 6.47. The Balaban J connectivity index is 1.21. The fourth-order valence-electron chi connectivity index (χ4n) is 6.41. The number of likely N-dealkylation sites (tertiary alicyclic amines) is 1. The summed E-state index contributed by atoms with van der Waals surface area (Å²) in [5.41, 5.74) is 2.94. The molecule has 2 N–H and O–H groups in total. The van der Waals surface area contributed by atoms with Gasteiger partial charge in [0.25, 0.3) is 0 Å². The van der Waals surface area contributed by atoms with Crippen LogP contribution in [0.15, 0.2) is 53.1 Å². The highest BCUT2D eigenvalue weighted by Gasteiger charge is 2.44. The van der Waals surface area contributed by atoms with Crippen molar-refractivity contribution in [3.05, 3.63) is 75.9 Å². The van der Waals surface area contributed by atoms with Crippen LogP contribution in [0.5, 0.6) is 0 Å². The Hall–Kier alpha value is -3.93. The molecular formula is C33H37BrFN5O5. The number of imidazole rings is 1. The van der Waals surface area contributed by atoms with Gasteiger partial charge in [0.05, 0.1) is 31.0 Å². The van der Waals surface area contributed by atoms with Gasteiger partial charge in [-0.1, -0.05) is 54.0 Å². The number of nitrogens with one attached hydrogen (secondary N) is 2. The van der Waals surface area contributed by atoms with Gasteiger partial charge in [0.2, 0.25) is 5.91 Å². The van der Waals surface area contributed by atoms with E-state index >= 15 is 0 Å². The Bertz CT molecular complexity index is 1560. The van der Waals surface area contributed by atoms with Gasteiger partial charge in [0.1, 0.15) is 29.9 Å². The first-order valence-corrected chi connectivity index (χ1v) is 16.3. The van der Waals surface area contributed by atoms with Gasteiger partial charge < -0.3 is 24.7 Å². The van der Waals surface area contributed by atoms with Crippen LogP contribution in [0.1, 0.15) is 68.9 Å². The number of rotatable bonds is 7. The van der Waals surface area contributed by atoms with E-state index in [-0.39, 0.29) is 43.4 Å². The minimum absolute atomic E-state index is 0.112. The van der Waals surface area contributed by atoms with Crippen molar-refractivity contribution in [3.8, 4) is 11.3 Å². The minimum Gasteiger partial charge on any atom is -0.446 e. The van der Waals surface area contributed by atoms with Crippen molar-refractivity contribution in [1.29, 1.82) is 0 Å². The average molecular weight is 683 g/mol. The van der Waals surface area contributed by atoms with Crippen molar-refractivity contribution in [2.45, 2.75) is 83.3 Å². The Morgan fingerprint density at radius 2 is 1.80 bits per heavy atom. The van der Waals surface area contributed by atoms with E-state index in [1.165, 1.54) is 11.0 Å². The molecule has 3 aliphatic rings. The van der Waals surface area contributed by atoms with Gasteiger partial charge in [0.15, 0.2) is 0 Å². The normalized spacial score (nSPS) is 20.4. The van der Waals surface area contributed by atoms with E-state index in [1.54, 1.807) is 23.2 Å². The molecule has 3 aromatic rings. The molecule has 1 saturated heterocycles. The molecule has 1 saturated carbocycles. The van der Waals surface area contributed by atoms with Crippen LogP contribution < -0.4 is 5.32 Å². The summed E-state index contributed by atoms with van der Waals surface area (Å²) in [5, 5.41) is 2.81. The average Bonchev–Trinajstić information content (AvgIpc) is 3.82. The van der Waals surface area contributed by atoms with Gasteiger partial charge in [-0.25, -0.2) is 19.0 Å². The lowest BCUT2D eigenvalue weighted by atomic mass is 10.0. The number of carbonyl (C=O) groups is 3. The smallest absolute Gasteiger partial charge is 0.410 e. The van der Waals surface area contributed by atoms with E-state index < -0.39 is 30.4 Å². The van der Waals surface area contributed by atoms with Gasteiger partial charge >= 0.3 is 12.2 Å². The highest BCUT2D eigenvalue weighted by atomic mass is 79.9. The number of aromatic nitrogens is 2. The first kappa shape index (κ1) is 31.1. The van der Waals surface area contributed by atoms with Crippen LogP contribution in [0.3, 0.4) is 0 Å². The Morgan fingerprint density at radius 1 is 1.04 bits per heavy atom. The molecule has 1 aliphatic carbocycles. The highest BCUT2D eigenvalue weighted by molar-refractivity contribution is 9.10. The number of H-pyrrole nitrogens is 1. The molecule has 0 unspecified atom stereocenters. The van der Waals surface area contributed by atoms with E-state index in [1.807, 2.05) is 38.1 Å². The molecule has 12 heteroatoms. The zero-order valence-electron chi connectivity index (χ0n) is 25.3. The second-order valence-corrected chi connectivity index (χ2v) is 13.3. The van der Waals surface area contributed by atoms with E-state index in [4.69, 9.17) is 9.47 Å². The number of hydrogen-bond donors (Lipinski definition) is 2. The Kier molecular flexibility index (Phi) is 9.11. The predicted molar refractivity (Wildman–Crippen MR) is 167 cm³/mol. The molecule has 6 rings (SSSR count). The molecule has 238 valence electrons. The van der Waals surface area contributed by atoms with Crippen LogP contribution in [0.2, 0.25) is 0 Å². The summed E-state index contributed by atoms with van der Waals surface area (Å²) in [5.74, 6) is -0.344. The van der Waals surface area contributed by atoms with Gasteiger partial charge in [-0.3, -0.25) is 9.69 Å². The number of aromatic amines is 1. The molecule has 0 radical (unpaired) electrons. The lowest BCUT2D eigenvalue weighted by molar-refractivity contribution is -0.136. The molecule has 2 fully saturated rings. The van der Waals surface area contributed by atoms with Crippen LogP contribution in [0, 0.1) is 11.7 Å². The molecule has 0 bridgehead atoms. The summed E-state index contributed by atoms with van der Waals surface area (Å²) < 4.78 is 26.8. The van der Waals surface area contributed by atoms with E-state index in [0.29, 0.717) is 17.8 Å². The largest absolute Gasteiger partial charge is 0.446 e. The number of nitrogens with zero attached hydrogens (tertiary/aromatic N) is 3. The third-order valence-corrected chi connectivity index (χ3v) is 9.37. The lowest BCUT2D eigenvalue weighted by Gasteiger charge is -2.30. The summed E-state index contributed by atoms with van der Waals surface area (Å²) in [6, 6.07) is 11.2. The zero-order chi connectivity index (χ0) is 31.7. The van der Waals surface area contributed by atoms with Crippen molar-refractivity contribution >= 4 is 34.0 Å². The van der Waals surface area contributed by atoms with Gasteiger partial charge in [-0.05, 0) is 60.9 Å². The van der Waals surface area contributed by atoms with E-state index in [0.717, 1.165) is 47.0 Å². The monoisotopic (exact) mass is 681 g/mol. The number of alkyl carbamates (subject to hydrolysis) is 1. The van der Waals surface area contributed by atoms with Crippen molar-refractivity contribution in [2.75, 3.05) is 6.54 Å². The third kappa shape index (κ3) is 6.85. The number of fused-ring (bicyclic) bond motifs is 1. The maximum atomic E-state index is 14.3. The number of ether oxygens (including phenoxy) is 2. The van der Waals surface area contributed by atoms with Crippen LogP contribution in [-0.4, -0.2) is 62.7 Å². The van der Waals surface area contributed by atoms with E-state index in [9.17, 15) is 18.8 Å². The molecule has 45 heavy (non-hydrogen) atoms. The molecule has 2 aromatic carbocycles. The standard InChI is InChI=1S/C33H37BrFN5O5/c1-19(2)29(38-32(42)44-23-7-3-4-8-23)31(41)40-17-24(45-33(43)39-16-21-6-5-9-26(35)25(21)18-39)14-28(40)30-36-15-27(37-30)20-10-12-22(34)13-11-20/h5-6,9-13,15,19,23-24,28-29H,3-4,7-8,14,16-18H2,1-2H3,(H,36,37)(H,38,42)/t24-,28+,29+/m1/s1. The zero-order valence-corrected chi connectivity index (χ0v) is 26.9. The molecule has 3 amide bonds. The summed E-state index contributed by atoms with van der Waals surface area (Å²) in [7, 11) is 0. The number of benzene rings is 2. The van der Waals surface area contributed by atoms with Crippen LogP contribution in [-0.2, 0) is 27.4 Å². The van der Waals surface area contributed by atoms with Gasteiger partial charge in [0, 0.05) is 23.0 Å². The topological polar surface area (TPSA) is 117 Å². The summed E-state index contributed by atoms with van der Waals surface area (Å²) in [6.07, 6.45) is 3.74. The molecule has 0 spiro atoms. The van der Waals surface area contributed by atoms with Crippen molar-refractivity contribution in [2.24, 2.45) is 5.92 Å². The van der Waals surface area contributed by atoms with Gasteiger partial charge in [-0.15, -0.1) is 0 Å². The quantitative estimate of drug-likeness (QED) is 0.295. The fourth-order valence-corrected chi connectivity index (χ4v) is 6.67. The lowest BCUT2D eigenvalue weighted by Crippen LogP contribution is -2.52. The number of carbonyl (C=O) groups excluding carboxylic acids is 3. The fraction of sp³-hybridized carbons (Fsp3) is 0.455. The molecule has 1 aromatic heterocycles. The summed E-state index contributed by atoms with van der Waals surface area (Å²) in [6.45, 7) is 4.22. The second-order valence-electron chi connectivity index (χ2n) is 12.3. The van der Waals surface area contributed by atoms with E-state index in [2.05, 4.69) is 31.2 Å². The van der Waals surface area contributed by atoms with Crippen molar-refractivity contribution < 1.29 is 28.2 Å². The highest BCUT2D eigenvalue weighted by Crippen LogP contribution is 2.35. The Morgan fingerprint density at radius 3 is 2.51 bits per heavy atom. The second kappa shape index (κ2) is 13.2. The summed E-state index contributed by atoms with van der Waals surface area (Å²) in [4.78, 5) is 51.3. The van der Waals surface area contributed by atoms with Crippen molar-refractivity contribution in [3.63, 3.8) is 0 Å². The maximum absolute atomic E-state index is 14.3. The van der Waals surface area contributed by atoms with Crippen LogP contribution in [0.4, 0.5) is 14.0 Å². The van der Waals surface area contributed by atoms with Gasteiger partial charge in [-0.2, -0.15) is 0 Å². The molecule has 3 atom stereocenters.